The van der Waals surface area contributed by atoms with E-state index in [4.69, 9.17) is 5.73 Å². The predicted octanol–water partition coefficient (Wildman–Crippen LogP) is 2.67. The second kappa shape index (κ2) is 6.89. The molecule has 0 radical (unpaired) electrons. The normalized spacial score (nSPS) is 8.79. The van der Waals surface area contributed by atoms with Gasteiger partial charge in [-0.05, 0) is 18.2 Å². The minimum Gasteiger partial charge on any atom is -0.399 e. The molecule has 1 rings (SSSR count). The number of anilines is 1. The van der Waals surface area contributed by atoms with Crippen LogP contribution in [0.15, 0.2) is 43.0 Å². The van der Waals surface area contributed by atoms with Crippen molar-refractivity contribution in [1.82, 2.24) is 0 Å². The number of carbonyl (C=O) groups is 1. The van der Waals surface area contributed by atoms with Crippen molar-refractivity contribution in [3.63, 3.8) is 0 Å². The van der Waals surface area contributed by atoms with E-state index in [-0.39, 0.29) is 11.7 Å². The van der Waals surface area contributed by atoms with Crippen molar-refractivity contribution < 1.29 is 4.79 Å². The van der Waals surface area contributed by atoms with Gasteiger partial charge in [0.15, 0.2) is 5.78 Å². The molecule has 0 aromatic heterocycles. The van der Waals surface area contributed by atoms with Gasteiger partial charge in [-0.25, -0.2) is 0 Å². The quantitative estimate of drug-likeness (QED) is 0.577. The van der Waals surface area contributed by atoms with Crippen molar-refractivity contribution in [2.75, 3.05) is 5.73 Å². The number of benzene rings is 1. The Labute approximate surface area is 85.4 Å². The first-order valence-corrected chi connectivity index (χ1v) is 4.54. The maximum absolute atomic E-state index is 10.4. The number of hydrogen-bond acceptors (Lipinski definition) is 2. The molecule has 0 spiro atoms. The zero-order valence-corrected chi connectivity index (χ0v) is 8.73. The lowest BCUT2D eigenvalue weighted by Gasteiger charge is -1.92. The van der Waals surface area contributed by atoms with Gasteiger partial charge in [-0.2, -0.15) is 0 Å². The van der Waals surface area contributed by atoms with Crippen molar-refractivity contribution in [2.45, 2.75) is 13.8 Å². The summed E-state index contributed by atoms with van der Waals surface area (Å²) in [5.41, 5.74) is 6.18. The molecule has 0 aliphatic rings. The fourth-order valence-electron chi connectivity index (χ4n) is 0.689. The molecule has 1 aromatic carbocycles. The number of rotatable bonds is 2. The van der Waals surface area contributed by atoms with Gasteiger partial charge in [0.25, 0.3) is 0 Å². The Morgan fingerprint density at radius 3 is 2.00 bits per heavy atom. The molecule has 0 unspecified atom stereocenters. The average molecular weight is 191 g/mol. The van der Waals surface area contributed by atoms with E-state index in [9.17, 15) is 4.79 Å². The van der Waals surface area contributed by atoms with E-state index in [0.29, 0.717) is 0 Å². The maximum atomic E-state index is 10.4. The van der Waals surface area contributed by atoms with Crippen LogP contribution in [0.5, 0.6) is 0 Å². The molecule has 0 atom stereocenters. The number of ketones is 1. The minimum atomic E-state index is 0.109. The van der Waals surface area contributed by atoms with Crippen molar-refractivity contribution in [3.05, 3.63) is 43.0 Å². The highest BCUT2D eigenvalue weighted by Gasteiger charge is 1.98. The van der Waals surface area contributed by atoms with E-state index >= 15 is 0 Å². The van der Waals surface area contributed by atoms with E-state index in [1.165, 1.54) is 6.08 Å². The lowest BCUT2D eigenvalue weighted by molar-refractivity contribution is -0.117. The average Bonchev–Trinajstić information content (AvgIpc) is 2.18. The third kappa shape index (κ3) is 6.00. The molecule has 0 fully saturated rings. The Hall–Kier alpha value is -1.57. The van der Waals surface area contributed by atoms with Gasteiger partial charge < -0.3 is 5.73 Å². The fourth-order valence-corrected chi connectivity index (χ4v) is 0.689. The first-order chi connectivity index (χ1) is 6.57. The molecule has 0 aliphatic heterocycles. The van der Waals surface area contributed by atoms with Crippen LogP contribution in [-0.4, -0.2) is 5.78 Å². The van der Waals surface area contributed by atoms with Crippen LogP contribution < -0.4 is 5.73 Å². The van der Waals surface area contributed by atoms with Crippen LogP contribution in [0, 0.1) is 5.92 Å². The van der Waals surface area contributed by atoms with Crippen LogP contribution in [0.2, 0.25) is 0 Å². The van der Waals surface area contributed by atoms with Gasteiger partial charge in [-0.1, -0.05) is 38.6 Å². The number of hydrogen-bond donors (Lipinski definition) is 1. The molecule has 2 N–H and O–H groups in total. The lowest BCUT2D eigenvalue weighted by Crippen LogP contribution is -2.00. The molecule has 0 heterocycles. The smallest absolute Gasteiger partial charge is 0.157 e. The number of carbonyl (C=O) groups excluding carboxylic acids is 1. The van der Waals surface area contributed by atoms with E-state index in [0.717, 1.165) is 5.69 Å². The monoisotopic (exact) mass is 191 g/mol. The van der Waals surface area contributed by atoms with Gasteiger partial charge in [0.1, 0.15) is 0 Å². The Balaban J connectivity index is 0.000000241. The molecule has 0 bridgehead atoms. The highest BCUT2D eigenvalue weighted by Crippen LogP contribution is 1.95. The summed E-state index contributed by atoms with van der Waals surface area (Å²) in [4.78, 5) is 10.4. The predicted molar refractivity (Wildman–Crippen MR) is 60.9 cm³/mol. The largest absolute Gasteiger partial charge is 0.399 e. The molecule has 0 amide bonds. The van der Waals surface area contributed by atoms with Gasteiger partial charge >= 0.3 is 0 Å². The number of para-hydroxylation sites is 1. The fraction of sp³-hybridized carbons (Fsp3) is 0.250. The molecule has 76 valence electrons. The molecule has 0 saturated carbocycles. The van der Waals surface area contributed by atoms with Crippen molar-refractivity contribution in [1.29, 1.82) is 0 Å². The van der Waals surface area contributed by atoms with Crippen LogP contribution in [0.4, 0.5) is 5.69 Å². The van der Waals surface area contributed by atoms with Crippen molar-refractivity contribution in [2.24, 2.45) is 5.92 Å². The van der Waals surface area contributed by atoms with Crippen LogP contribution in [-0.2, 0) is 4.79 Å². The summed E-state index contributed by atoms with van der Waals surface area (Å²) < 4.78 is 0. The highest BCUT2D eigenvalue weighted by atomic mass is 16.1. The molecule has 1 aromatic rings. The number of nitrogen functional groups attached to an aromatic ring is 1. The van der Waals surface area contributed by atoms with Gasteiger partial charge in [-0.15, -0.1) is 0 Å². The Kier molecular flexibility index (Phi) is 6.12. The van der Waals surface area contributed by atoms with Gasteiger partial charge in [0.05, 0.1) is 0 Å². The summed E-state index contributed by atoms with van der Waals surface area (Å²) in [5, 5.41) is 0. The minimum absolute atomic E-state index is 0.109. The Morgan fingerprint density at radius 2 is 1.86 bits per heavy atom. The van der Waals surface area contributed by atoms with Crippen LogP contribution in [0.25, 0.3) is 0 Å². The van der Waals surface area contributed by atoms with E-state index in [1.54, 1.807) is 0 Å². The van der Waals surface area contributed by atoms with E-state index < -0.39 is 0 Å². The van der Waals surface area contributed by atoms with E-state index in [1.807, 2.05) is 44.2 Å². The van der Waals surface area contributed by atoms with Gasteiger partial charge in [0.2, 0.25) is 0 Å². The standard InChI is InChI=1S/C6H7N.C6H10O/c7-6-4-2-1-3-5-6;1-4-6(7)5(2)3/h1-5H,7H2;4-5H,1H2,2-3H3. The summed E-state index contributed by atoms with van der Waals surface area (Å²) in [5.74, 6) is 0.220. The molecule has 14 heavy (non-hydrogen) atoms. The molecule has 2 heteroatoms. The third-order valence-corrected chi connectivity index (χ3v) is 1.57. The molecular weight excluding hydrogens is 174 g/mol. The molecule has 2 nitrogen and oxygen atoms in total. The van der Waals surface area contributed by atoms with E-state index in [2.05, 4.69) is 6.58 Å². The molecule has 0 aliphatic carbocycles. The highest BCUT2D eigenvalue weighted by molar-refractivity contribution is 5.90. The second-order valence-corrected chi connectivity index (χ2v) is 3.17. The summed E-state index contributed by atoms with van der Waals surface area (Å²) in [6.07, 6.45) is 1.35. The van der Waals surface area contributed by atoms with Crippen LogP contribution in [0.3, 0.4) is 0 Å². The SMILES string of the molecule is C=CC(=O)C(C)C.Nc1ccccc1. The maximum Gasteiger partial charge on any atom is 0.157 e. The third-order valence-electron chi connectivity index (χ3n) is 1.57. The van der Waals surface area contributed by atoms with Crippen LogP contribution >= 0.6 is 0 Å². The Morgan fingerprint density at radius 1 is 1.36 bits per heavy atom. The number of allylic oxidation sites excluding steroid dienone is 1. The van der Waals surface area contributed by atoms with Crippen molar-refractivity contribution in [3.8, 4) is 0 Å². The number of nitrogens with two attached hydrogens (primary N) is 1. The first kappa shape index (κ1) is 12.4. The lowest BCUT2D eigenvalue weighted by atomic mass is 10.1. The molecule has 0 saturated heterocycles. The molecular formula is C12H17NO. The first-order valence-electron chi connectivity index (χ1n) is 4.54. The topological polar surface area (TPSA) is 43.1 Å². The Bertz CT molecular complexity index is 278. The second-order valence-electron chi connectivity index (χ2n) is 3.17. The van der Waals surface area contributed by atoms with Crippen molar-refractivity contribution >= 4 is 11.5 Å². The summed E-state index contributed by atoms with van der Waals surface area (Å²) in [6.45, 7) is 7.03. The zero-order valence-electron chi connectivity index (χ0n) is 8.73. The van der Waals surface area contributed by atoms with Crippen LogP contribution in [0.1, 0.15) is 13.8 Å². The van der Waals surface area contributed by atoms with Gasteiger partial charge in [-0.3, -0.25) is 4.79 Å². The zero-order chi connectivity index (χ0) is 11.0. The van der Waals surface area contributed by atoms with Gasteiger partial charge in [0, 0.05) is 11.6 Å². The summed E-state index contributed by atoms with van der Waals surface area (Å²) >= 11 is 0. The summed E-state index contributed by atoms with van der Waals surface area (Å²) in [7, 11) is 0. The summed E-state index contributed by atoms with van der Waals surface area (Å²) in [6, 6.07) is 9.49.